The summed E-state index contributed by atoms with van der Waals surface area (Å²) in [6.07, 6.45) is 3.80. The van der Waals surface area contributed by atoms with Crippen LogP contribution in [0.15, 0.2) is 48.5 Å². The van der Waals surface area contributed by atoms with E-state index in [4.69, 9.17) is 23.7 Å². The maximum absolute atomic E-state index is 12.0. The van der Waals surface area contributed by atoms with E-state index in [1.54, 1.807) is 6.92 Å². The van der Waals surface area contributed by atoms with Crippen LogP contribution >= 0.6 is 0 Å². The lowest BCUT2D eigenvalue weighted by Gasteiger charge is -2.15. The highest BCUT2D eigenvalue weighted by Gasteiger charge is 2.20. The van der Waals surface area contributed by atoms with Crippen molar-refractivity contribution < 1.29 is 28.5 Å². The van der Waals surface area contributed by atoms with E-state index in [2.05, 4.69) is 0 Å². The molecule has 29 heavy (non-hydrogen) atoms. The smallest absolute Gasteiger partial charge is 0.335 e. The van der Waals surface area contributed by atoms with Gasteiger partial charge in [-0.15, -0.1) is 0 Å². The van der Waals surface area contributed by atoms with Gasteiger partial charge in [0.25, 0.3) is 0 Å². The standard InChI is InChI=1S/C23H26O6/c1-3-25-22(23(24)26-4-2)15-18-7-10-19(11-8-18)27-13-5-6-17-9-12-20-21(14-17)29-16-28-20/h5-12,14,22H,3-4,13,15-16H2,1-2H3/b6-5+/t22-/m0/s1. The molecule has 1 heterocycles. The summed E-state index contributed by atoms with van der Waals surface area (Å²) in [5, 5.41) is 0. The lowest BCUT2D eigenvalue weighted by molar-refractivity contribution is -0.156. The van der Waals surface area contributed by atoms with Crippen LogP contribution in [0.4, 0.5) is 0 Å². The second-order valence-corrected chi connectivity index (χ2v) is 6.37. The molecule has 1 aliphatic heterocycles. The SMILES string of the molecule is CCOC(=O)[C@H](Cc1ccc(OC/C=C/c2ccc3c(c2)OCO3)cc1)OCC. The Hall–Kier alpha value is -2.99. The predicted molar refractivity (Wildman–Crippen MR) is 109 cm³/mol. The Kier molecular flexibility index (Phi) is 7.53. The second-order valence-electron chi connectivity index (χ2n) is 6.37. The van der Waals surface area contributed by atoms with Gasteiger partial charge in [0.1, 0.15) is 12.4 Å². The van der Waals surface area contributed by atoms with E-state index in [0.717, 1.165) is 28.4 Å². The molecule has 1 aliphatic rings. The van der Waals surface area contributed by atoms with Crippen LogP contribution in [0.2, 0.25) is 0 Å². The fraction of sp³-hybridized carbons (Fsp3) is 0.348. The van der Waals surface area contributed by atoms with Gasteiger partial charge < -0.3 is 23.7 Å². The highest BCUT2D eigenvalue weighted by atomic mass is 16.7. The van der Waals surface area contributed by atoms with E-state index < -0.39 is 6.10 Å². The van der Waals surface area contributed by atoms with Gasteiger partial charge in [-0.1, -0.05) is 24.3 Å². The number of carbonyl (C=O) groups is 1. The number of ether oxygens (including phenoxy) is 5. The van der Waals surface area contributed by atoms with Crippen LogP contribution < -0.4 is 14.2 Å². The topological polar surface area (TPSA) is 63.2 Å². The van der Waals surface area contributed by atoms with E-state index in [-0.39, 0.29) is 12.8 Å². The van der Waals surface area contributed by atoms with Gasteiger partial charge in [0, 0.05) is 13.0 Å². The molecule has 0 aliphatic carbocycles. The number of rotatable bonds is 10. The molecule has 0 bridgehead atoms. The first-order valence-electron chi connectivity index (χ1n) is 9.75. The summed E-state index contributed by atoms with van der Waals surface area (Å²) < 4.78 is 27.0. The largest absolute Gasteiger partial charge is 0.490 e. The molecule has 154 valence electrons. The van der Waals surface area contributed by atoms with Crippen molar-refractivity contribution in [1.82, 2.24) is 0 Å². The summed E-state index contributed by atoms with van der Waals surface area (Å²) in [5.41, 5.74) is 2.01. The van der Waals surface area contributed by atoms with Gasteiger partial charge in [-0.3, -0.25) is 0 Å². The fourth-order valence-corrected chi connectivity index (χ4v) is 2.93. The fourth-order valence-electron chi connectivity index (χ4n) is 2.93. The third-order valence-corrected chi connectivity index (χ3v) is 4.31. The molecule has 2 aromatic carbocycles. The van der Waals surface area contributed by atoms with Crippen molar-refractivity contribution >= 4 is 12.0 Å². The molecule has 6 heteroatoms. The lowest BCUT2D eigenvalue weighted by atomic mass is 10.1. The van der Waals surface area contributed by atoms with Crippen molar-refractivity contribution in [3.8, 4) is 17.2 Å². The van der Waals surface area contributed by atoms with E-state index >= 15 is 0 Å². The van der Waals surface area contributed by atoms with E-state index in [1.807, 2.05) is 61.5 Å². The molecular weight excluding hydrogens is 372 g/mol. The predicted octanol–water partition coefficient (Wildman–Crippen LogP) is 4.02. The minimum atomic E-state index is -0.587. The van der Waals surface area contributed by atoms with Crippen molar-refractivity contribution in [2.45, 2.75) is 26.4 Å². The normalized spacial score (nSPS) is 13.4. The molecule has 0 radical (unpaired) electrons. The maximum atomic E-state index is 12.0. The molecule has 1 atom stereocenters. The molecule has 0 aromatic heterocycles. The van der Waals surface area contributed by atoms with Crippen LogP contribution in [0.25, 0.3) is 6.08 Å². The molecule has 2 aromatic rings. The van der Waals surface area contributed by atoms with Gasteiger partial charge in [-0.25, -0.2) is 4.79 Å². The van der Waals surface area contributed by atoms with Crippen molar-refractivity contribution in [2.75, 3.05) is 26.6 Å². The summed E-state index contributed by atoms with van der Waals surface area (Å²) in [6.45, 7) is 5.16. The zero-order chi connectivity index (χ0) is 20.5. The summed E-state index contributed by atoms with van der Waals surface area (Å²) >= 11 is 0. The molecular formula is C23H26O6. The Balaban J connectivity index is 1.49. The first-order chi connectivity index (χ1) is 14.2. The third-order valence-electron chi connectivity index (χ3n) is 4.31. The number of benzene rings is 2. The van der Waals surface area contributed by atoms with Crippen LogP contribution in [0.5, 0.6) is 17.2 Å². The van der Waals surface area contributed by atoms with Gasteiger partial charge in [0.15, 0.2) is 17.6 Å². The molecule has 0 N–H and O–H groups in total. The zero-order valence-electron chi connectivity index (χ0n) is 16.8. The Morgan fingerprint density at radius 2 is 1.86 bits per heavy atom. The van der Waals surface area contributed by atoms with E-state index in [0.29, 0.717) is 26.2 Å². The number of hydrogen-bond donors (Lipinski definition) is 0. The zero-order valence-corrected chi connectivity index (χ0v) is 16.8. The Morgan fingerprint density at radius 1 is 1.07 bits per heavy atom. The minimum Gasteiger partial charge on any atom is -0.490 e. The van der Waals surface area contributed by atoms with Gasteiger partial charge in [0.05, 0.1) is 6.61 Å². The molecule has 0 saturated carbocycles. The van der Waals surface area contributed by atoms with Gasteiger partial charge in [-0.2, -0.15) is 0 Å². The average molecular weight is 398 g/mol. The summed E-state index contributed by atoms with van der Waals surface area (Å²) in [5.74, 6) is 1.96. The molecule has 3 rings (SSSR count). The van der Waals surface area contributed by atoms with E-state index in [1.165, 1.54) is 0 Å². The van der Waals surface area contributed by atoms with Gasteiger partial charge in [0.2, 0.25) is 6.79 Å². The van der Waals surface area contributed by atoms with Crippen LogP contribution in [0.3, 0.4) is 0 Å². The van der Waals surface area contributed by atoms with Crippen LogP contribution in [0.1, 0.15) is 25.0 Å². The number of hydrogen-bond acceptors (Lipinski definition) is 6. The molecule has 0 amide bonds. The average Bonchev–Trinajstić information content (AvgIpc) is 3.20. The minimum absolute atomic E-state index is 0.271. The van der Waals surface area contributed by atoms with Crippen molar-refractivity contribution in [3.63, 3.8) is 0 Å². The third kappa shape index (κ3) is 5.99. The van der Waals surface area contributed by atoms with Crippen molar-refractivity contribution in [2.24, 2.45) is 0 Å². The second kappa shape index (κ2) is 10.5. The first-order valence-corrected chi connectivity index (χ1v) is 9.75. The molecule has 0 saturated heterocycles. The van der Waals surface area contributed by atoms with Crippen LogP contribution in [0, 0.1) is 0 Å². The quantitative estimate of drug-likeness (QED) is 0.564. The van der Waals surface area contributed by atoms with Crippen molar-refractivity contribution in [3.05, 3.63) is 59.7 Å². The highest BCUT2D eigenvalue weighted by molar-refractivity contribution is 5.75. The lowest BCUT2D eigenvalue weighted by Crippen LogP contribution is -2.28. The summed E-state index contributed by atoms with van der Waals surface area (Å²) in [7, 11) is 0. The summed E-state index contributed by atoms with van der Waals surface area (Å²) in [4.78, 5) is 12.0. The number of fused-ring (bicyclic) bond motifs is 1. The monoisotopic (exact) mass is 398 g/mol. The van der Waals surface area contributed by atoms with E-state index in [9.17, 15) is 4.79 Å². The number of carbonyl (C=O) groups excluding carboxylic acids is 1. The van der Waals surface area contributed by atoms with Gasteiger partial charge >= 0.3 is 5.97 Å². The highest BCUT2D eigenvalue weighted by Crippen LogP contribution is 2.32. The molecule has 0 unspecified atom stereocenters. The van der Waals surface area contributed by atoms with Crippen LogP contribution in [-0.2, 0) is 20.7 Å². The first kappa shape index (κ1) is 20.7. The Bertz CT molecular complexity index is 828. The summed E-state index contributed by atoms with van der Waals surface area (Å²) in [6, 6.07) is 13.4. The Morgan fingerprint density at radius 3 is 2.62 bits per heavy atom. The molecule has 0 fully saturated rings. The number of esters is 1. The van der Waals surface area contributed by atoms with Gasteiger partial charge in [-0.05, 0) is 55.3 Å². The van der Waals surface area contributed by atoms with Crippen molar-refractivity contribution in [1.29, 1.82) is 0 Å². The molecule has 6 nitrogen and oxygen atoms in total. The Labute approximate surface area is 171 Å². The van der Waals surface area contributed by atoms with Crippen LogP contribution in [-0.4, -0.2) is 38.7 Å². The maximum Gasteiger partial charge on any atom is 0.335 e. The molecule has 0 spiro atoms.